The highest BCUT2D eigenvalue weighted by molar-refractivity contribution is 5.67. The van der Waals surface area contributed by atoms with Crippen LogP contribution < -0.4 is 16.0 Å². The first-order valence-electron chi connectivity index (χ1n) is 22.7. The van der Waals surface area contributed by atoms with Crippen molar-refractivity contribution in [2.75, 3.05) is 35.6 Å². The first-order chi connectivity index (χ1) is 26.5. The third kappa shape index (κ3) is 13.4. The zero-order valence-electron chi connectivity index (χ0n) is 36.7. The summed E-state index contributed by atoms with van der Waals surface area (Å²) in [6.07, 6.45) is 24.6. The van der Waals surface area contributed by atoms with Gasteiger partial charge in [-0.05, 0) is 131 Å². The Balaban J connectivity index is 1.05. The number of unbranched alkanes of at least 4 members (excludes halogenated alkanes) is 2. The largest absolute Gasteiger partial charge is 0.481 e. The number of carboxylic acid groups (broad SMARTS) is 1. The van der Waals surface area contributed by atoms with E-state index in [0.29, 0.717) is 41.9 Å². The molecule has 12 heteroatoms. The molecule has 2 aliphatic heterocycles. The van der Waals surface area contributed by atoms with Crippen LogP contribution in [0.5, 0.6) is 0 Å². The third-order valence-electron chi connectivity index (χ3n) is 12.9. The Kier molecular flexibility index (Phi) is 16.1. The van der Waals surface area contributed by atoms with Gasteiger partial charge in [0.25, 0.3) is 0 Å². The number of aromatic nitrogens is 3. The van der Waals surface area contributed by atoms with Crippen LogP contribution >= 0.6 is 0 Å². The predicted molar refractivity (Wildman–Crippen MR) is 227 cm³/mol. The number of carbonyl (C=O) groups is 1. The highest BCUT2D eigenvalue weighted by Crippen LogP contribution is 2.46. The standard InChI is InChI=1S/C44H80N8O4/c1-41(2)29-33(30-42(3,4)51(41)55-35-21-11-9-12-22-35)19-15-17-26-45-38-48-39(50-40(49-38)47-28-25-37(53)54)46-27-18-16-20-34-31-43(5,6)52(44(7,8)32-34)56-36-23-13-10-14-24-36/h33-36H,9-32H2,1-8H3,(H,53,54)(H3,45,46,47,48,49,50). The molecule has 2 saturated heterocycles. The molecule has 4 aliphatic rings. The van der Waals surface area contributed by atoms with Crippen LogP contribution in [-0.2, 0) is 14.5 Å². The van der Waals surface area contributed by atoms with Gasteiger partial charge in [0.1, 0.15) is 0 Å². The summed E-state index contributed by atoms with van der Waals surface area (Å²) in [7, 11) is 0. The minimum absolute atomic E-state index is 0.00427. The molecule has 0 amide bonds. The molecule has 56 heavy (non-hydrogen) atoms. The first kappa shape index (κ1) is 44.8. The summed E-state index contributed by atoms with van der Waals surface area (Å²) in [4.78, 5) is 38.4. The van der Waals surface area contributed by atoms with Gasteiger partial charge >= 0.3 is 5.97 Å². The fourth-order valence-electron chi connectivity index (χ4n) is 11.0. The number of hydroxylamine groups is 4. The Morgan fingerprint density at radius 2 is 0.911 bits per heavy atom. The molecular weight excluding hydrogens is 705 g/mol. The summed E-state index contributed by atoms with van der Waals surface area (Å²) in [5, 5.41) is 23.8. The van der Waals surface area contributed by atoms with E-state index in [1.165, 1.54) is 77.0 Å². The van der Waals surface area contributed by atoms with Crippen LogP contribution in [-0.4, -0.2) is 90.2 Å². The second-order valence-electron chi connectivity index (χ2n) is 20.3. The van der Waals surface area contributed by atoms with Crippen molar-refractivity contribution in [2.24, 2.45) is 11.8 Å². The molecule has 0 radical (unpaired) electrons. The predicted octanol–water partition coefficient (Wildman–Crippen LogP) is 9.99. The number of hydrogen-bond donors (Lipinski definition) is 4. The van der Waals surface area contributed by atoms with Crippen LogP contribution in [0.1, 0.15) is 190 Å². The topological polar surface area (TPSA) is 137 Å². The van der Waals surface area contributed by atoms with Crippen molar-refractivity contribution in [3.8, 4) is 0 Å². The average molecular weight is 785 g/mol. The summed E-state index contributed by atoms with van der Waals surface area (Å²) in [5.74, 6) is 1.90. The van der Waals surface area contributed by atoms with Gasteiger partial charge < -0.3 is 21.1 Å². The van der Waals surface area contributed by atoms with Gasteiger partial charge in [0.15, 0.2) is 0 Å². The molecule has 3 heterocycles. The molecule has 12 nitrogen and oxygen atoms in total. The van der Waals surface area contributed by atoms with Crippen molar-refractivity contribution in [3.63, 3.8) is 0 Å². The number of anilines is 3. The SMILES string of the molecule is CC1(C)CC(CCCCNc2nc(NCCCCC3CC(C)(C)N(OC4CCCCC4)C(C)(C)C3)nc(NCCC(=O)O)n2)CC(C)(C)N1OC1CCCCC1. The number of nitrogens with zero attached hydrogens (tertiary/aromatic N) is 5. The number of carboxylic acids is 1. The van der Waals surface area contributed by atoms with Crippen LogP contribution in [0, 0.1) is 11.8 Å². The monoisotopic (exact) mass is 785 g/mol. The average Bonchev–Trinajstić information content (AvgIpc) is 3.11. The maximum Gasteiger partial charge on any atom is 0.305 e. The van der Waals surface area contributed by atoms with E-state index in [4.69, 9.17) is 19.8 Å². The van der Waals surface area contributed by atoms with E-state index in [-0.39, 0.29) is 35.1 Å². The van der Waals surface area contributed by atoms with Gasteiger partial charge in [-0.25, -0.2) is 0 Å². The van der Waals surface area contributed by atoms with Gasteiger partial charge in [0, 0.05) is 41.8 Å². The van der Waals surface area contributed by atoms with Crippen molar-refractivity contribution in [1.29, 1.82) is 0 Å². The van der Waals surface area contributed by atoms with Gasteiger partial charge in [-0.2, -0.15) is 25.1 Å². The second kappa shape index (κ2) is 20.1. The number of aliphatic carboxylic acids is 1. The molecule has 0 aromatic carbocycles. The van der Waals surface area contributed by atoms with Crippen LogP contribution in [0.4, 0.5) is 17.8 Å². The molecule has 1 aromatic heterocycles. The second-order valence-corrected chi connectivity index (χ2v) is 20.3. The molecule has 0 bridgehead atoms. The van der Waals surface area contributed by atoms with Gasteiger partial charge in [-0.15, -0.1) is 0 Å². The lowest BCUT2D eigenvalue weighted by atomic mass is 9.73. The zero-order valence-corrected chi connectivity index (χ0v) is 36.7. The number of nitrogens with one attached hydrogen (secondary N) is 3. The number of piperidine rings is 2. The van der Waals surface area contributed by atoms with Crippen molar-refractivity contribution in [2.45, 2.75) is 225 Å². The van der Waals surface area contributed by atoms with Gasteiger partial charge in [0.2, 0.25) is 17.8 Å². The fourth-order valence-corrected chi connectivity index (χ4v) is 11.0. The Morgan fingerprint density at radius 3 is 1.25 bits per heavy atom. The Labute approximate surface area is 339 Å². The minimum Gasteiger partial charge on any atom is -0.481 e. The smallest absolute Gasteiger partial charge is 0.305 e. The lowest BCUT2D eigenvalue weighted by Crippen LogP contribution is -2.61. The van der Waals surface area contributed by atoms with E-state index < -0.39 is 5.97 Å². The number of hydrogen-bond acceptors (Lipinski definition) is 11. The lowest BCUT2D eigenvalue weighted by Gasteiger charge is -2.55. The van der Waals surface area contributed by atoms with Crippen LogP contribution in [0.3, 0.4) is 0 Å². The van der Waals surface area contributed by atoms with Crippen LogP contribution in [0.2, 0.25) is 0 Å². The maximum atomic E-state index is 11.2. The first-order valence-corrected chi connectivity index (χ1v) is 22.7. The van der Waals surface area contributed by atoms with Crippen molar-refractivity contribution >= 4 is 23.8 Å². The van der Waals surface area contributed by atoms with Gasteiger partial charge in [-0.1, -0.05) is 64.2 Å². The van der Waals surface area contributed by atoms with E-state index in [1.807, 2.05) is 0 Å². The van der Waals surface area contributed by atoms with Crippen molar-refractivity contribution < 1.29 is 19.6 Å². The normalized spacial score (nSPS) is 23.9. The van der Waals surface area contributed by atoms with Crippen molar-refractivity contribution in [3.05, 3.63) is 0 Å². The molecule has 0 spiro atoms. The summed E-state index contributed by atoms with van der Waals surface area (Å²) in [6.45, 7) is 20.7. The highest BCUT2D eigenvalue weighted by Gasteiger charge is 2.48. The third-order valence-corrected chi connectivity index (χ3v) is 12.9. The quantitative estimate of drug-likeness (QED) is 0.0937. The minimum atomic E-state index is -0.855. The van der Waals surface area contributed by atoms with E-state index in [1.54, 1.807) is 0 Å². The van der Waals surface area contributed by atoms with Gasteiger partial charge in [-0.3, -0.25) is 14.5 Å². The molecule has 0 atom stereocenters. The van der Waals surface area contributed by atoms with E-state index in [9.17, 15) is 4.79 Å². The molecule has 320 valence electrons. The molecule has 5 rings (SSSR count). The van der Waals surface area contributed by atoms with Gasteiger partial charge in [0.05, 0.1) is 18.6 Å². The molecule has 1 aromatic rings. The molecule has 4 fully saturated rings. The van der Waals surface area contributed by atoms with E-state index >= 15 is 0 Å². The van der Waals surface area contributed by atoms with Crippen LogP contribution in [0.25, 0.3) is 0 Å². The Morgan fingerprint density at radius 1 is 0.571 bits per heavy atom. The van der Waals surface area contributed by atoms with E-state index in [0.717, 1.165) is 64.5 Å². The summed E-state index contributed by atoms with van der Waals surface area (Å²) in [5.41, 5.74) is 0.0370. The van der Waals surface area contributed by atoms with Crippen LogP contribution in [0.15, 0.2) is 0 Å². The molecular formula is C44H80N8O4. The number of rotatable bonds is 20. The Bertz CT molecular complexity index is 1240. The maximum absolute atomic E-state index is 11.2. The zero-order chi connectivity index (χ0) is 40.4. The van der Waals surface area contributed by atoms with E-state index in [2.05, 4.69) is 91.4 Å². The lowest BCUT2D eigenvalue weighted by molar-refractivity contribution is -0.314. The van der Waals surface area contributed by atoms with Crippen molar-refractivity contribution in [1.82, 2.24) is 25.1 Å². The highest BCUT2D eigenvalue weighted by atomic mass is 16.7. The molecule has 0 unspecified atom stereocenters. The molecule has 2 aliphatic carbocycles. The Hall–Kier alpha value is -2.28. The summed E-state index contributed by atoms with van der Waals surface area (Å²) >= 11 is 0. The summed E-state index contributed by atoms with van der Waals surface area (Å²) in [6, 6.07) is 0. The summed E-state index contributed by atoms with van der Waals surface area (Å²) < 4.78 is 0. The fraction of sp³-hybridized carbons (Fsp3) is 0.909. The molecule has 4 N–H and O–H groups in total. The molecule has 2 saturated carbocycles.